The Hall–Kier alpha value is -2.70. The number of alkyl halides is 1. The molecule has 144 valence electrons. The number of benzene rings is 2. The second-order valence-electron chi connectivity index (χ2n) is 7.57. The van der Waals surface area contributed by atoms with E-state index in [0.29, 0.717) is 5.71 Å². The molecule has 0 aliphatic carbocycles. The van der Waals surface area contributed by atoms with Gasteiger partial charge in [0.15, 0.2) is 0 Å². The Labute approximate surface area is 167 Å². The zero-order valence-electron chi connectivity index (χ0n) is 16.9. The van der Waals surface area contributed by atoms with Crippen molar-refractivity contribution in [1.82, 2.24) is 0 Å². The Balaban J connectivity index is 2.21. The van der Waals surface area contributed by atoms with E-state index < -0.39 is 11.8 Å². The van der Waals surface area contributed by atoms with Crippen LogP contribution in [-0.4, -0.2) is 18.7 Å². The van der Waals surface area contributed by atoms with Crippen molar-refractivity contribution in [3.63, 3.8) is 0 Å². The van der Waals surface area contributed by atoms with Crippen molar-refractivity contribution in [3.8, 4) is 23.0 Å². The van der Waals surface area contributed by atoms with Gasteiger partial charge in [0.1, 0.15) is 0 Å². The smallest absolute Gasteiger partial charge is 0.209 e. The van der Waals surface area contributed by atoms with Gasteiger partial charge < -0.3 is 10.1 Å². The summed E-state index contributed by atoms with van der Waals surface area (Å²) in [6.07, 6.45) is 0.354. The van der Waals surface area contributed by atoms with E-state index in [4.69, 9.17) is 10.1 Å². The summed E-state index contributed by atoms with van der Waals surface area (Å²) in [5.41, 5.74) is 5.40. The third-order valence-corrected chi connectivity index (χ3v) is 5.97. The van der Waals surface area contributed by atoms with Crippen LogP contribution in [0.25, 0.3) is 17.2 Å². The summed E-state index contributed by atoms with van der Waals surface area (Å²) in [6.45, 7) is 11.6. The molecule has 2 nitrogen and oxygen atoms in total. The summed E-state index contributed by atoms with van der Waals surface area (Å²) >= 11 is 0. The third-order valence-electron chi connectivity index (χ3n) is 5.97. The standard InChI is InChI=1S/C25H26FNO/c1-6-8-18-10-9-16(3)21(13-18)22-14-20(12-11-19(22)7-2)25(5)17(4)23(27)15-28-24(25)26/h7,9-14,17,24,27H,2,15H2,1,3-5H3/t17?,24?,25-/m1/s1. The molecule has 28 heavy (non-hydrogen) atoms. The van der Waals surface area contributed by atoms with Crippen LogP contribution in [0.2, 0.25) is 0 Å². The topological polar surface area (TPSA) is 33.1 Å². The fourth-order valence-corrected chi connectivity index (χ4v) is 3.84. The predicted molar refractivity (Wildman–Crippen MR) is 114 cm³/mol. The Bertz CT molecular complexity index is 997. The van der Waals surface area contributed by atoms with Crippen LogP contribution in [0.4, 0.5) is 4.39 Å². The van der Waals surface area contributed by atoms with E-state index in [1.54, 1.807) is 0 Å². The second-order valence-corrected chi connectivity index (χ2v) is 7.57. The van der Waals surface area contributed by atoms with Crippen molar-refractivity contribution in [1.29, 1.82) is 5.41 Å². The molecule has 3 rings (SSSR count). The lowest BCUT2D eigenvalue weighted by Crippen LogP contribution is -2.50. The molecule has 1 aliphatic heterocycles. The molecule has 1 saturated heterocycles. The molecular formula is C25H26FNO. The highest BCUT2D eigenvalue weighted by Gasteiger charge is 2.47. The van der Waals surface area contributed by atoms with Crippen LogP contribution in [0.3, 0.4) is 0 Å². The molecular weight excluding hydrogens is 349 g/mol. The maximum absolute atomic E-state index is 14.9. The Morgan fingerprint density at radius 3 is 2.68 bits per heavy atom. The van der Waals surface area contributed by atoms with Crippen molar-refractivity contribution in [2.24, 2.45) is 5.92 Å². The number of rotatable bonds is 3. The van der Waals surface area contributed by atoms with Gasteiger partial charge in [0, 0.05) is 17.2 Å². The van der Waals surface area contributed by atoms with E-state index >= 15 is 0 Å². The first-order valence-electron chi connectivity index (χ1n) is 9.46. The number of aryl methyl sites for hydroxylation is 1. The van der Waals surface area contributed by atoms with E-state index in [0.717, 1.165) is 33.4 Å². The summed E-state index contributed by atoms with van der Waals surface area (Å²) < 4.78 is 20.2. The number of nitrogens with one attached hydrogen (secondary N) is 1. The van der Waals surface area contributed by atoms with Gasteiger partial charge in [0.05, 0.1) is 12.0 Å². The quantitative estimate of drug-likeness (QED) is 0.664. The van der Waals surface area contributed by atoms with Gasteiger partial charge in [-0.1, -0.05) is 43.7 Å². The Kier molecular flexibility index (Phi) is 5.54. The van der Waals surface area contributed by atoms with Crippen molar-refractivity contribution < 1.29 is 9.13 Å². The third kappa shape index (κ3) is 3.30. The summed E-state index contributed by atoms with van der Waals surface area (Å²) in [4.78, 5) is 0. The summed E-state index contributed by atoms with van der Waals surface area (Å²) in [6, 6.07) is 12.0. The highest BCUT2D eigenvalue weighted by Crippen LogP contribution is 2.43. The Morgan fingerprint density at radius 1 is 1.25 bits per heavy atom. The van der Waals surface area contributed by atoms with E-state index in [9.17, 15) is 4.39 Å². The molecule has 0 aromatic heterocycles. The lowest BCUT2D eigenvalue weighted by atomic mass is 9.68. The van der Waals surface area contributed by atoms with Gasteiger partial charge in [-0.15, -0.1) is 5.92 Å². The highest BCUT2D eigenvalue weighted by atomic mass is 19.1. The molecule has 0 saturated carbocycles. The summed E-state index contributed by atoms with van der Waals surface area (Å²) in [7, 11) is 0. The lowest BCUT2D eigenvalue weighted by Gasteiger charge is -2.43. The first-order valence-corrected chi connectivity index (χ1v) is 9.46. The SMILES string of the molecule is C=Cc1ccc([C@]2(C)C(F)OCC(=N)C2C)cc1-c1cc(C#CC)ccc1C. The minimum Gasteiger partial charge on any atom is -0.341 e. The summed E-state index contributed by atoms with van der Waals surface area (Å²) in [5, 5.41) is 8.17. The number of hydrogen-bond acceptors (Lipinski definition) is 2. The van der Waals surface area contributed by atoms with Crippen LogP contribution in [-0.2, 0) is 10.2 Å². The second kappa shape index (κ2) is 7.73. The zero-order chi connectivity index (χ0) is 20.5. The maximum Gasteiger partial charge on any atom is 0.209 e. The van der Waals surface area contributed by atoms with Crippen LogP contribution in [0.15, 0.2) is 43.0 Å². The minimum absolute atomic E-state index is 0.0480. The van der Waals surface area contributed by atoms with Crippen LogP contribution >= 0.6 is 0 Å². The van der Waals surface area contributed by atoms with E-state index in [1.807, 2.05) is 51.1 Å². The van der Waals surface area contributed by atoms with Gasteiger partial charge in [-0.25, -0.2) is 4.39 Å². The fourth-order valence-electron chi connectivity index (χ4n) is 3.84. The van der Waals surface area contributed by atoms with Gasteiger partial charge in [-0.05, 0) is 66.8 Å². The van der Waals surface area contributed by atoms with Gasteiger partial charge in [0.25, 0.3) is 0 Å². The molecule has 2 aromatic carbocycles. The van der Waals surface area contributed by atoms with Gasteiger partial charge in [-0.3, -0.25) is 0 Å². The summed E-state index contributed by atoms with van der Waals surface area (Å²) in [5.74, 6) is 5.79. The number of halogens is 1. The molecule has 0 bridgehead atoms. The number of ether oxygens (including phenoxy) is 1. The van der Waals surface area contributed by atoms with Crippen molar-refractivity contribution in [2.75, 3.05) is 6.61 Å². The Morgan fingerprint density at radius 2 is 2.00 bits per heavy atom. The molecule has 1 aliphatic rings. The van der Waals surface area contributed by atoms with Gasteiger partial charge in [-0.2, -0.15) is 0 Å². The zero-order valence-corrected chi connectivity index (χ0v) is 16.9. The fraction of sp³-hybridized carbons (Fsp3) is 0.320. The van der Waals surface area contributed by atoms with Gasteiger partial charge >= 0.3 is 0 Å². The minimum atomic E-state index is -1.46. The predicted octanol–water partition coefficient (Wildman–Crippen LogP) is 5.92. The van der Waals surface area contributed by atoms with Crippen LogP contribution in [0, 0.1) is 30.1 Å². The highest BCUT2D eigenvalue weighted by molar-refractivity contribution is 5.87. The maximum atomic E-state index is 14.9. The largest absolute Gasteiger partial charge is 0.341 e. The molecule has 3 heteroatoms. The average Bonchev–Trinajstić information content (AvgIpc) is 2.70. The van der Waals surface area contributed by atoms with E-state index in [2.05, 4.69) is 37.5 Å². The van der Waals surface area contributed by atoms with Crippen LogP contribution < -0.4 is 0 Å². The number of hydrogen-bond donors (Lipinski definition) is 1. The molecule has 0 spiro atoms. The monoisotopic (exact) mass is 375 g/mol. The molecule has 1 heterocycles. The molecule has 1 fully saturated rings. The molecule has 1 N–H and O–H groups in total. The molecule has 0 radical (unpaired) electrons. The molecule has 0 amide bonds. The molecule has 2 aromatic rings. The van der Waals surface area contributed by atoms with Crippen molar-refractivity contribution in [2.45, 2.75) is 39.5 Å². The van der Waals surface area contributed by atoms with E-state index in [-0.39, 0.29) is 12.5 Å². The average molecular weight is 375 g/mol. The lowest BCUT2D eigenvalue weighted by molar-refractivity contribution is -0.0984. The van der Waals surface area contributed by atoms with Crippen LogP contribution in [0.1, 0.15) is 43.0 Å². The normalized spacial score (nSPS) is 24.4. The van der Waals surface area contributed by atoms with Crippen molar-refractivity contribution in [3.05, 3.63) is 65.2 Å². The molecule has 2 unspecified atom stereocenters. The first-order chi connectivity index (χ1) is 13.3. The van der Waals surface area contributed by atoms with Gasteiger partial charge in [0.2, 0.25) is 6.36 Å². The van der Waals surface area contributed by atoms with Crippen LogP contribution in [0.5, 0.6) is 0 Å². The molecule has 3 atom stereocenters. The van der Waals surface area contributed by atoms with Crippen molar-refractivity contribution >= 4 is 11.8 Å². The first kappa shape index (κ1) is 20.0. The van der Waals surface area contributed by atoms with E-state index in [1.165, 1.54) is 0 Å².